The minimum Gasteiger partial charge on any atom is -0.496 e. The van der Waals surface area contributed by atoms with E-state index in [0.29, 0.717) is 16.7 Å². The van der Waals surface area contributed by atoms with Crippen LogP contribution in [0.25, 0.3) is 0 Å². The molecule has 5 nitrogen and oxygen atoms in total. The molecule has 0 spiro atoms. The van der Waals surface area contributed by atoms with Crippen molar-refractivity contribution in [1.82, 2.24) is 5.32 Å². The quantitative estimate of drug-likeness (QED) is 0.308. The maximum Gasteiger partial charge on any atom is 0.173 e. The van der Waals surface area contributed by atoms with Crippen LogP contribution in [0.4, 0.5) is 0 Å². The van der Waals surface area contributed by atoms with Gasteiger partial charge in [-0.05, 0) is 42.4 Å². The van der Waals surface area contributed by atoms with Gasteiger partial charge in [0.15, 0.2) is 5.84 Å². The van der Waals surface area contributed by atoms with E-state index >= 15 is 0 Å². The first kappa shape index (κ1) is 14.7. The van der Waals surface area contributed by atoms with Crippen LogP contribution in [0.5, 0.6) is 5.75 Å². The van der Waals surface area contributed by atoms with Gasteiger partial charge in [-0.15, -0.1) is 0 Å². The molecule has 0 atom stereocenters. The number of hydrogen-bond donors (Lipinski definition) is 3. The molecule has 5 heteroatoms. The van der Waals surface area contributed by atoms with E-state index in [0.717, 1.165) is 18.7 Å². The molecular weight excluding hydrogens is 254 g/mol. The molecule has 4 N–H and O–H groups in total. The van der Waals surface area contributed by atoms with Gasteiger partial charge in [0, 0.05) is 13.1 Å². The van der Waals surface area contributed by atoms with Crippen LogP contribution in [0.1, 0.15) is 37.3 Å². The molecule has 0 heterocycles. The van der Waals surface area contributed by atoms with Crippen molar-refractivity contribution in [2.24, 2.45) is 16.3 Å². The molecule has 0 saturated heterocycles. The lowest BCUT2D eigenvalue weighted by molar-refractivity contribution is 0.318. The molecule has 1 aromatic carbocycles. The van der Waals surface area contributed by atoms with Crippen molar-refractivity contribution in [2.45, 2.75) is 32.7 Å². The minimum absolute atomic E-state index is 0.0595. The third kappa shape index (κ3) is 3.22. The highest BCUT2D eigenvalue weighted by atomic mass is 16.5. The second kappa shape index (κ2) is 6.13. The molecule has 0 amide bonds. The SMILES string of the molecule is CCC1(CNCc2ccc(/C(N)=N/O)c(OC)c2)CC1. The van der Waals surface area contributed by atoms with E-state index in [1.54, 1.807) is 7.11 Å². The van der Waals surface area contributed by atoms with E-state index in [4.69, 9.17) is 15.7 Å². The van der Waals surface area contributed by atoms with E-state index in [1.165, 1.54) is 19.3 Å². The Hall–Kier alpha value is -1.75. The van der Waals surface area contributed by atoms with Crippen molar-refractivity contribution in [3.63, 3.8) is 0 Å². The molecule has 1 aromatic rings. The largest absolute Gasteiger partial charge is 0.496 e. The summed E-state index contributed by atoms with van der Waals surface area (Å²) in [6.45, 7) is 4.12. The molecule has 0 bridgehead atoms. The summed E-state index contributed by atoms with van der Waals surface area (Å²) in [4.78, 5) is 0. The summed E-state index contributed by atoms with van der Waals surface area (Å²) in [7, 11) is 1.58. The fourth-order valence-electron chi connectivity index (χ4n) is 2.42. The molecule has 1 aliphatic rings. The Morgan fingerprint density at radius 3 is 2.80 bits per heavy atom. The van der Waals surface area contributed by atoms with Crippen LogP contribution in [0.2, 0.25) is 0 Å². The van der Waals surface area contributed by atoms with Gasteiger partial charge < -0.3 is 21.0 Å². The summed E-state index contributed by atoms with van der Waals surface area (Å²) < 4.78 is 5.29. The molecule has 1 fully saturated rings. The molecule has 20 heavy (non-hydrogen) atoms. The molecule has 2 rings (SSSR count). The first-order valence-electron chi connectivity index (χ1n) is 6.99. The highest BCUT2D eigenvalue weighted by Gasteiger charge is 2.39. The Morgan fingerprint density at radius 2 is 2.25 bits per heavy atom. The Bertz CT molecular complexity index is 496. The van der Waals surface area contributed by atoms with E-state index in [1.807, 2.05) is 18.2 Å². The monoisotopic (exact) mass is 277 g/mol. The van der Waals surface area contributed by atoms with Gasteiger partial charge in [0.05, 0.1) is 12.7 Å². The van der Waals surface area contributed by atoms with Crippen LogP contribution in [0.15, 0.2) is 23.4 Å². The van der Waals surface area contributed by atoms with Gasteiger partial charge in [0.1, 0.15) is 5.75 Å². The Kier molecular flexibility index (Phi) is 4.49. The van der Waals surface area contributed by atoms with Gasteiger partial charge in [-0.2, -0.15) is 0 Å². The highest BCUT2D eigenvalue weighted by molar-refractivity contribution is 5.99. The normalized spacial score (nSPS) is 17.0. The smallest absolute Gasteiger partial charge is 0.173 e. The number of methoxy groups -OCH3 is 1. The van der Waals surface area contributed by atoms with Crippen LogP contribution in [0, 0.1) is 5.41 Å². The number of ether oxygens (including phenoxy) is 1. The van der Waals surface area contributed by atoms with Crippen molar-refractivity contribution in [2.75, 3.05) is 13.7 Å². The van der Waals surface area contributed by atoms with Crippen molar-refractivity contribution in [3.8, 4) is 5.75 Å². The zero-order valence-electron chi connectivity index (χ0n) is 12.1. The summed E-state index contributed by atoms with van der Waals surface area (Å²) in [5.41, 5.74) is 7.88. The van der Waals surface area contributed by atoms with E-state index in [2.05, 4.69) is 17.4 Å². The van der Waals surface area contributed by atoms with Gasteiger partial charge >= 0.3 is 0 Å². The number of nitrogens with one attached hydrogen (secondary N) is 1. The van der Waals surface area contributed by atoms with Crippen LogP contribution in [-0.2, 0) is 6.54 Å². The average Bonchev–Trinajstić information content (AvgIpc) is 3.26. The van der Waals surface area contributed by atoms with Gasteiger partial charge in [-0.3, -0.25) is 0 Å². The molecule has 0 aliphatic heterocycles. The van der Waals surface area contributed by atoms with Crippen molar-refractivity contribution in [1.29, 1.82) is 0 Å². The number of nitrogens with two attached hydrogens (primary N) is 1. The average molecular weight is 277 g/mol. The van der Waals surface area contributed by atoms with E-state index < -0.39 is 0 Å². The molecule has 1 saturated carbocycles. The number of rotatable bonds is 7. The summed E-state index contributed by atoms with van der Waals surface area (Å²) >= 11 is 0. The predicted octanol–water partition coefficient (Wildman–Crippen LogP) is 2.07. The predicted molar refractivity (Wildman–Crippen MR) is 79.2 cm³/mol. The highest BCUT2D eigenvalue weighted by Crippen LogP contribution is 2.47. The van der Waals surface area contributed by atoms with Crippen LogP contribution in [-0.4, -0.2) is 24.7 Å². The number of benzene rings is 1. The van der Waals surface area contributed by atoms with Gasteiger partial charge in [-0.25, -0.2) is 0 Å². The third-order valence-corrected chi connectivity index (χ3v) is 4.19. The molecule has 0 unspecified atom stereocenters. The number of oxime groups is 1. The fraction of sp³-hybridized carbons (Fsp3) is 0.533. The standard InChI is InChI=1S/C15H23N3O2/c1-3-15(6-7-15)10-17-9-11-4-5-12(14(16)18-19)13(8-11)20-2/h4-5,8,17,19H,3,6-7,9-10H2,1-2H3,(H2,16,18). The van der Waals surface area contributed by atoms with Crippen molar-refractivity contribution < 1.29 is 9.94 Å². The van der Waals surface area contributed by atoms with Crippen molar-refractivity contribution in [3.05, 3.63) is 29.3 Å². The number of nitrogens with zero attached hydrogens (tertiary/aromatic N) is 1. The van der Waals surface area contributed by atoms with Crippen LogP contribution < -0.4 is 15.8 Å². The molecule has 1 aliphatic carbocycles. The van der Waals surface area contributed by atoms with E-state index in [-0.39, 0.29) is 5.84 Å². The summed E-state index contributed by atoms with van der Waals surface area (Å²) in [6, 6.07) is 5.71. The number of amidine groups is 1. The lowest BCUT2D eigenvalue weighted by Crippen LogP contribution is -2.23. The van der Waals surface area contributed by atoms with Gasteiger partial charge in [0.2, 0.25) is 0 Å². The second-order valence-electron chi connectivity index (χ2n) is 5.48. The number of hydrogen-bond acceptors (Lipinski definition) is 4. The minimum atomic E-state index is 0.0595. The molecular formula is C15H23N3O2. The first-order valence-corrected chi connectivity index (χ1v) is 6.99. The maximum atomic E-state index is 8.74. The lowest BCUT2D eigenvalue weighted by Gasteiger charge is -2.14. The van der Waals surface area contributed by atoms with Crippen LogP contribution in [0.3, 0.4) is 0 Å². The second-order valence-corrected chi connectivity index (χ2v) is 5.48. The van der Waals surface area contributed by atoms with Gasteiger partial charge in [0.25, 0.3) is 0 Å². The van der Waals surface area contributed by atoms with E-state index in [9.17, 15) is 0 Å². The third-order valence-electron chi connectivity index (χ3n) is 4.19. The molecule has 0 radical (unpaired) electrons. The Morgan fingerprint density at radius 1 is 1.50 bits per heavy atom. The van der Waals surface area contributed by atoms with Crippen molar-refractivity contribution >= 4 is 5.84 Å². The first-order chi connectivity index (χ1) is 9.64. The summed E-state index contributed by atoms with van der Waals surface area (Å²) in [5, 5.41) is 15.3. The fourth-order valence-corrected chi connectivity index (χ4v) is 2.42. The Balaban J connectivity index is 1.99. The zero-order chi connectivity index (χ0) is 14.6. The maximum absolute atomic E-state index is 8.74. The molecule has 0 aromatic heterocycles. The van der Waals surface area contributed by atoms with Gasteiger partial charge in [-0.1, -0.05) is 18.1 Å². The lowest BCUT2D eigenvalue weighted by atomic mass is 10.0. The molecule has 110 valence electrons. The van der Waals surface area contributed by atoms with Crippen LogP contribution >= 0.6 is 0 Å². The topological polar surface area (TPSA) is 79.9 Å². The summed E-state index contributed by atoms with van der Waals surface area (Å²) in [5.74, 6) is 0.681. The summed E-state index contributed by atoms with van der Waals surface area (Å²) in [6.07, 6.45) is 3.91. The zero-order valence-corrected chi connectivity index (χ0v) is 12.1. The Labute approximate surface area is 119 Å².